The van der Waals surface area contributed by atoms with Gasteiger partial charge in [-0.25, -0.2) is 4.79 Å². The number of methoxy groups -OCH3 is 2. The summed E-state index contributed by atoms with van der Waals surface area (Å²) in [7, 11) is 3.27. The molecule has 0 spiro atoms. The van der Waals surface area contributed by atoms with Crippen LogP contribution in [0.25, 0.3) is 0 Å². The van der Waals surface area contributed by atoms with Gasteiger partial charge >= 0.3 is 6.09 Å². The van der Waals surface area contributed by atoms with E-state index in [0.717, 1.165) is 12.0 Å². The maximum atomic E-state index is 12.8. The second-order valence-corrected chi connectivity index (χ2v) is 8.68. The van der Waals surface area contributed by atoms with Crippen molar-refractivity contribution in [2.45, 2.75) is 44.8 Å². The number of benzene rings is 1. The van der Waals surface area contributed by atoms with Crippen LogP contribution in [0.15, 0.2) is 12.1 Å². The normalized spacial score (nSPS) is 19.8. The van der Waals surface area contributed by atoms with E-state index in [2.05, 4.69) is 5.32 Å². The topological polar surface area (TPSA) is 60.0 Å². The molecule has 0 aliphatic carbocycles. The van der Waals surface area contributed by atoms with Gasteiger partial charge in [-0.1, -0.05) is 23.2 Å². The van der Waals surface area contributed by atoms with Gasteiger partial charge in [-0.3, -0.25) is 0 Å². The largest absolute Gasteiger partial charge is 0.496 e. The van der Waals surface area contributed by atoms with E-state index in [1.165, 1.54) is 0 Å². The van der Waals surface area contributed by atoms with Gasteiger partial charge in [-0.15, -0.1) is 0 Å². The van der Waals surface area contributed by atoms with Crippen LogP contribution in [-0.2, 0) is 9.47 Å². The van der Waals surface area contributed by atoms with Crippen LogP contribution >= 0.6 is 23.2 Å². The summed E-state index contributed by atoms with van der Waals surface area (Å²) in [4.78, 5) is 14.6. The van der Waals surface area contributed by atoms with Crippen molar-refractivity contribution in [3.05, 3.63) is 27.7 Å². The highest BCUT2D eigenvalue weighted by Crippen LogP contribution is 2.43. The Kier molecular flexibility index (Phi) is 8.25. The minimum atomic E-state index is -0.561. The van der Waals surface area contributed by atoms with Crippen molar-refractivity contribution >= 4 is 29.3 Å². The number of hydrogen-bond donors (Lipinski definition) is 1. The molecule has 8 heteroatoms. The fourth-order valence-corrected chi connectivity index (χ4v) is 3.89. The van der Waals surface area contributed by atoms with E-state index in [1.807, 2.05) is 26.8 Å². The van der Waals surface area contributed by atoms with Crippen molar-refractivity contribution in [3.8, 4) is 5.75 Å². The molecule has 28 heavy (non-hydrogen) atoms. The van der Waals surface area contributed by atoms with Crippen LogP contribution in [0.4, 0.5) is 4.79 Å². The van der Waals surface area contributed by atoms with Gasteiger partial charge < -0.3 is 24.4 Å². The van der Waals surface area contributed by atoms with Gasteiger partial charge in [0.25, 0.3) is 0 Å². The Morgan fingerprint density at radius 3 is 2.61 bits per heavy atom. The van der Waals surface area contributed by atoms with Crippen LogP contribution in [0, 0.1) is 0 Å². The molecule has 2 rings (SSSR count). The molecule has 1 fully saturated rings. The van der Waals surface area contributed by atoms with Crippen LogP contribution in [-0.4, -0.2) is 63.1 Å². The molecule has 2 atom stereocenters. The van der Waals surface area contributed by atoms with Gasteiger partial charge in [0.05, 0.1) is 23.8 Å². The van der Waals surface area contributed by atoms with Crippen molar-refractivity contribution < 1.29 is 19.0 Å². The SMILES string of the molecule is COCCNC[C@@H]1C[C@H](c2c(OC)ccc(Cl)c2Cl)CN1C(=O)OC(C)(C)C. The summed E-state index contributed by atoms with van der Waals surface area (Å²) >= 11 is 12.7. The Balaban J connectivity index is 2.24. The number of rotatable bonds is 7. The van der Waals surface area contributed by atoms with Crippen molar-refractivity contribution in [3.63, 3.8) is 0 Å². The van der Waals surface area contributed by atoms with Gasteiger partial charge in [-0.05, 0) is 39.3 Å². The van der Waals surface area contributed by atoms with Crippen molar-refractivity contribution in [1.29, 1.82) is 0 Å². The predicted molar refractivity (Wildman–Crippen MR) is 112 cm³/mol. The summed E-state index contributed by atoms with van der Waals surface area (Å²) in [5.41, 5.74) is 0.277. The first-order valence-electron chi connectivity index (χ1n) is 9.39. The molecule has 1 aliphatic rings. The summed E-state index contributed by atoms with van der Waals surface area (Å²) in [6.45, 7) is 8.03. The number of carbonyl (C=O) groups excluding carboxylic acids is 1. The first-order valence-corrected chi connectivity index (χ1v) is 10.1. The molecule has 1 heterocycles. The molecule has 6 nitrogen and oxygen atoms in total. The lowest BCUT2D eigenvalue weighted by atomic mass is 9.95. The molecule has 0 unspecified atom stereocenters. The minimum absolute atomic E-state index is 0.00268. The highest BCUT2D eigenvalue weighted by molar-refractivity contribution is 6.42. The van der Waals surface area contributed by atoms with E-state index in [0.29, 0.717) is 42.0 Å². The average Bonchev–Trinajstić information content (AvgIpc) is 3.03. The monoisotopic (exact) mass is 432 g/mol. The molecular formula is C20H30Cl2N2O4. The van der Waals surface area contributed by atoms with Gasteiger partial charge in [0.15, 0.2) is 0 Å². The van der Waals surface area contributed by atoms with Gasteiger partial charge in [-0.2, -0.15) is 0 Å². The smallest absolute Gasteiger partial charge is 0.410 e. The maximum Gasteiger partial charge on any atom is 0.410 e. The van der Waals surface area contributed by atoms with Gasteiger partial charge in [0.2, 0.25) is 0 Å². The fourth-order valence-electron chi connectivity index (χ4n) is 3.41. The summed E-state index contributed by atoms with van der Waals surface area (Å²) in [6.07, 6.45) is 0.404. The second kappa shape index (κ2) is 10.0. The van der Waals surface area contributed by atoms with E-state index in [-0.39, 0.29) is 18.1 Å². The molecule has 0 radical (unpaired) electrons. The third-order valence-electron chi connectivity index (χ3n) is 4.63. The molecule has 1 aromatic rings. The van der Waals surface area contributed by atoms with Crippen LogP contribution in [0.1, 0.15) is 38.7 Å². The highest BCUT2D eigenvalue weighted by atomic mass is 35.5. The average molecular weight is 433 g/mol. The molecule has 1 saturated heterocycles. The van der Waals surface area contributed by atoms with Crippen LogP contribution < -0.4 is 10.1 Å². The number of halogens is 2. The number of likely N-dealkylation sites (tertiary alicyclic amines) is 1. The lowest BCUT2D eigenvalue weighted by Crippen LogP contribution is -2.44. The van der Waals surface area contributed by atoms with E-state index >= 15 is 0 Å². The summed E-state index contributed by atoms with van der Waals surface area (Å²) in [5.74, 6) is 0.680. The van der Waals surface area contributed by atoms with Crippen LogP contribution in [0.3, 0.4) is 0 Å². The molecule has 0 saturated carbocycles. The van der Waals surface area contributed by atoms with E-state index in [9.17, 15) is 4.79 Å². The number of nitrogens with zero attached hydrogens (tertiary/aromatic N) is 1. The predicted octanol–water partition coefficient (Wildman–Crippen LogP) is 4.33. The van der Waals surface area contributed by atoms with E-state index < -0.39 is 5.60 Å². The summed E-state index contributed by atoms with van der Waals surface area (Å²) in [6, 6.07) is 3.50. The third kappa shape index (κ3) is 5.89. The third-order valence-corrected chi connectivity index (χ3v) is 5.45. The molecule has 0 bridgehead atoms. The molecule has 158 valence electrons. The second-order valence-electron chi connectivity index (χ2n) is 7.89. The highest BCUT2D eigenvalue weighted by Gasteiger charge is 2.39. The minimum Gasteiger partial charge on any atom is -0.496 e. The van der Waals surface area contributed by atoms with Crippen molar-refractivity contribution in [1.82, 2.24) is 10.2 Å². The molecule has 0 aromatic heterocycles. The van der Waals surface area contributed by atoms with Crippen molar-refractivity contribution in [2.24, 2.45) is 0 Å². The Hall–Kier alpha value is -1.21. The summed E-state index contributed by atoms with van der Waals surface area (Å²) in [5, 5.41) is 4.29. The molecule has 1 N–H and O–H groups in total. The first-order chi connectivity index (χ1) is 13.2. The number of nitrogens with one attached hydrogen (secondary N) is 1. The zero-order valence-corrected chi connectivity index (χ0v) is 18.7. The Bertz CT molecular complexity index is 679. The quantitative estimate of drug-likeness (QED) is 0.649. The van der Waals surface area contributed by atoms with Crippen LogP contribution in [0.2, 0.25) is 10.0 Å². The molecule has 1 aliphatic heterocycles. The molecule has 1 aromatic carbocycles. The number of carbonyl (C=O) groups is 1. The van der Waals surface area contributed by atoms with Gasteiger partial charge in [0, 0.05) is 44.3 Å². The lowest BCUT2D eigenvalue weighted by molar-refractivity contribution is 0.0224. The zero-order valence-electron chi connectivity index (χ0n) is 17.2. The standard InChI is InChI=1S/C20H30Cl2N2O4/c1-20(2,3)28-19(25)24-12-13(10-14(24)11-23-8-9-26-4)17-16(27-5)7-6-15(21)18(17)22/h6-7,13-14,23H,8-12H2,1-5H3/t13-,14-/m0/s1. The van der Waals surface area contributed by atoms with E-state index in [1.54, 1.807) is 25.2 Å². The van der Waals surface area contributed by atoms with E-state index in [4.69, 9.17) is 37.4 Å². The van der Waals surface area contributed by atoms with Crippen LogP contribution in [0.5, 0.6) is 5.75 Å². The fraction of sp³-hybridized carbons (Fsp3) is 0.650. The Labute approximate surface area is 177 Å². The lowest BCUT2D eigenvalue weighted by Gasteiger charge is -2.28. The van der Waals surface area contributed by atoms with Crippen molar-refractivity contribution in [2.75, 3.05) is 40.5 Å². The molecular weight excluding hydrogens is 403 g/mol. The maximum absolute atomic E-state index is 12.8. The van der Waals surface area contributed by atoms with Gasteiger partial charge in [0.1, 0.15) is 11.4 Å². The Morgan fingerprint density at radius 2 is 2.00 bits per heavy atom. The number of hydrogen-bond acceptors (Lipinski definition) is 5. The zero-order chi connectivity index (χ0) is 20.9. The Morgan fingerprint density at radius 1 is 1.29 bits per heavy atom. The number of ether oxygens (including phenoxy) is 3. The summed E-state index contributed by atoms with van der Waals surface area (Å²) < 4.78 is 16.2. The molecule has 1 amide bonds. The first kappa shape index (κ1) is 23.1. The number of amides is 1.